The second kappa shape index (κ2) is 6.49. The van der Waals surface area contributed by atoms with Crippen LogP contribution in [0.25, 0.3) is 0 Å². The predicted octanol–water partition coefficient (Wildman–Crippen LogP) is 2.71. The van der Waals surface area contributed by atoms with Gasteiger partial charge in [0.05, 0.1) is 12.2 Å². The average molecular weight is 284 g/mol. The minimum absolute atomic E-state index is 0.0238. The second-order valence-electron chi connectivity index (χ2n) is 6.65. The van der Waals surface area contributed by atoms with Gasteiger partial charge in [-0.05, 0) is 36.9 Å². The molecule has 0 aromatic carbocycles. The van der Waals surface area contributed by atoms with E-state index in [9.17, 15) is 4.79 Å². The van der Waals surface area contributed by atoms with Crippen LogP contribution in [0.15, 0.2) is 0 Å². The van der Waals surface area contributed by atoms with E-state index in [1.807, 2.05) is 11.8 Å². The van der Waals surface area contributed by atoms with Crippen LogP contribution in [0.2, 0.25) is 0 Å². The Labute approximate surface area is 121 Å². The van der Waals surface area contributed by atoms with Crippen LogP contribution in [0, 0.1) is 11.8 Å². The number of hydrogen-bond acceptors (Lipinski definition) is 3. The largest absolute Gasteiger partial charge is 0.322 e. The Bertz CT molecular complexity index is 313. The summed E-state index contributed by atoms with van der Waals surface area (Å²) in [5.41, 5.74) is 0. The maximum absolute atomic E-state index is 12.7. The molecule has 3 nitrogen and oxygen atoms in total. The molecule has 0 aromatic heterocycles. The van der Waals surface area contributed by atoms with Crippen molar-refractivity contribution in [3.8, 4) is 0 Å². The zero-order chi connectivity index (χ0) is 14.0. The molecule has 1 amide bonds. The van der Waals surface area contributed by atoms with Gasteiger partial charge in [0.15, 0.2) is 0 Å². The lowest BCUT2D eigenvalue weighted by Crippen LogP contribution is -2.47. The van der Waals surface area contributed by atoms with Gasteiger partial charge in [-0.3, -0.25) is 10.1 Å². The van der Waals surface area contributed by atoms with Crippen molar-refractivity contribution in [3.63, 3.8) is 0 Å². The number of hydrogen-bond donors (Lipinski definition) is 1. The van der Waals surface area contributed by atoms with Crippen molar-refractivity contribution < 1.29 is 4.79 Å². The van der Waals surface area contributed by atoms with Gasteiger partial charge in [-0.2, -0.15) is 11.8 Å². The summed E-state index contributed by atoms with van der Waals surface area (Å²) in [6, 6.07) is 0.474. The molecule has 3 unspecified atom stereocenters. The van der Waals surface area contributed by atoms with E-state index < -0.39 is 0 Å². The maximum atomic E-state index is 12.7. The highest BCUT2D eigenvalue weighted by Gasteiger charge is 2.43. The third-order valence-corrected chi connectivity index (χ3v) is 5.32. The first-order chi connectivity index (χ1) is 9.00. The van der Waals surface area contributed by atoms with Crippen molar-refractivity contribution in [2.75, 3.05) is 11.5 Å². The molecule has 0 saturated carbocycles. The number of carbonyl (C=O) groups is 1. The fraction of sp³-hybridized carbons (Fsp3) is 0.933. The van der Waals surface area contributed by atoms with Crippen LogP contribution in [0.5, 0.6) is 0 Å². The molecule has 2 rings (SSSR count). The minimum Gasteiger partial charge on any atom is -0.322 e. The summed E-state index contributed by atoms with van der Waals surface area (Å²) < 4.78 is 0. The number of carbonyl (C=O) groups excluding carboxylic acids is 1. The molecule has 4 heteroatoms. The van der Waals surface area contributed by atoms with E-state index in [1.165, 1.54) is 18.6 Å². The van der Waals surface area contributed by atoms with E-state index in [1.54, 1.807) is 0 Å². The van der Waals surface area contributed by atoms with Crippen LogP contribution in [-0.2, 0) is 4.79 Å². The molecule has 0 radical (unpaired) electrons. The van der Waals surface area contributed by atoms with Gasteiger partial charge in [0.1, 0.15) is 0 Å². The van der Waals surface area contributed by atoms with Crippen LogP contribution < -0.4 is 5.32 Å². The van der Waals surface area contributed by atoms with Gasteiger partial charge in [0.2, 0.25) is 5.91 Å². The van der Waals surface area contributed by atoms with Crippen molar-refractivity contribution in [1.82, 2.24) is 10.2 Å². The van der Waals surface area contributed by atoms with Crippen LogP contribution in [0.1, 0.15) is 47.0 Å². The Morgan fingerprint density at radius 3 is 2.63 bits per heavy atom. The van der Waals surface area contributed by atoms with E-state index in [2.05, 4.69) is 37.9 Å². The van der Waals surface area contributed by atoms with Crippen molar-refractivity contribution in [3.05, 3.63) is 0 Å². The molecule has 0 spiro atoms. The van der Waals surface area contributed by atoms with E-state index >= 15 is 0 Å². The molecule has 1 N–H and O–H groups in total. The second-order valence-corrected chi connectivity index (χ2v) is 7.80. The first-order valence-corrected chi connectivity index (χ1v) is 8.82. The highest BCUT2D eigenvalue weighted by Crippen LogP contribution is 2.29. The molecular weight excluding hydrogens is 256 g/mol. The van der Waals surface area contributed by atoms with E-state index in [4.69, 9.17) is 0 Å². The Morgan fingerprint density at radius 1 is 1.37 bits per heavy atom. The molecule has 2 fully saturated rings. The number of nitrogens with zero attached hydrogens (tertiary/aromatic N) is 1. The van der Waals surface area contributed by atoms with Crippen molar-refractivity contribution in [2.45, 2.75) is 65.2 Å². The summed E-state index contributed by atoms with van der Waals surface area (Å²) in [6.45, 7) is 8.76. The zero-order valence-electron chi connectivity index (χ0n) is 12.7. The lowest BCUT2D eigenvalue weighted by molar-refractivity contribution is -0.132. The molecule has 0 aliphatic carbocycles. The Balaban J connectivity index is 2.12. The molecule has 110 valence electrons. The highest BCUT2D eigenvalue weighted by molar-refractivity contribution is 7.99. The van der Waals surface area contributed by atoms with Crippen LogP contribution >= 0.6 is 11.8 Å². The molecule has 0 aromatic rings. The molecular formula is C15H28N2OS. The standard InChI is InChI=1S/C15H28N2OS/c1-10(2)8-13-16-14(11(3)4)15(18)17(13)12-6-5-7-19-9-12/h10-14,16H,5-9H2,1-4H3. The van der Waals surface area contributed by atoms with E-state index in [-0.39, 0.29) is 12.2 Å². The number of nitrogens with one attached hydrogen (secondary N) is 1. The monoisotopic (exact) mass is 284 g/mol. The van der Waals surface area contributed by atoms with Crippen molar-refractivity contribution >= 4 is 17.7 Å². The SMILES string of the molecule is CC(C)CC1NC(C(C)C)C(=O)N1C1CCCSC1. The smallest absolute Gasteiger partial charge is 0.241 e. The van der Waals surface area contributed by atoms with E-state index in [0.29, 0.717) is 23.8 Å². The Morgan fingerprint density at radius 2 is 2.11 bits per heavy atom. The van der Waals surface area contributed by atoms with Gasteiger partial charge < -0.3 is 4.90 Å². The molecule has 2 aliphatic rings. The molecule has 2 saturated heterocycles. The molecule has 0 bridgehead atoms. The number of rotatable bonds is 4. The molecule has 2 heterocycles. The summed E-state index contributed by atoms with van der Waals surface area (Å²) in [5.74, 6) is 3.72. The maximum Gasteiger partial charge on any atom is 0.241 e. The lowest BCUT2D eigenvalue weighted by atomic mass is 10.0. The topological polar surface area (TPSA) is 32.3 Å². The van der Waals surface area contributed by atoms with Crippen molar-refractivity contribution in [2.24, 2.45) is 11.8 Å². The highest BCUT2D eigenvalue weighted by atomic mass is 32.2. The Hall–Kier alpha value is -0.220. The quantitative estimate of drug-likeness (QED) is 0.861. The molecule has 19 heavy (non-hydrogen) atoms. The normalized spacial score (nSPS) is 32.6. The van der Waals surface area contributed by atoms with Crippen molar-refractivity contribution in [1.29, 1.82) is 0 Å². The molecule has 2 aliphatic heterocycles. The fourth-order valence-electron chi connectivity index (χ4n) is 3.16. The first kappa shape index (κ1) is 15.2. The number of amides is 1. The number of thioether (sulfide) groups is 1. The van der Waals surface area contributed by atoms with E-state index in [0.717, 1.165) is 12.2 Å². The summed E-state index contributed by atoms with van der Waals surface area (Å²) >= 11 is 2.00. The first-order valence-electron chi connectivity index (χ1n) is 7.66. The summed E-state index contributed by atoms with van der Waals surface area (Å²) in [4.78, 5) is 14.9. The van der Waals surface area contributed by atoms with Gasteiger partial charge in [-0.1, -0.05) is 27.7 Å². The predicted molar refractivity (Wildman–Crippen MR) is 82.2 cm³/mol. The summed E-state index contributed by atoms with van der Waals surface area (Å²) in [7, 11) is 0. The van der Waals surface area contributed by atoms with Crippen LogP contribution in [-0.4, -0.2) is 40.6 Å². The fourth-order valence-corrected chi connectivity index (χ4v) is 4.29. The van der Waals surface area contributed by atoms with Gasteiger partial charge in [-0.15, -0.1) is 0 Å². The summed E-state index contributed by atoms with van der Waals surface area (Å²) in [5, 5.41) is 3.59. The van der Waals surface area contributed by atoms with Crippen LogP contribution in [0.3, 0.4) is 0 Å². The average Bonchev–Trinajstić information content (AvgIpc) is 2.66. The van der Waals surface area contributed by atoms with Gasteiger partial charge in [-0.25, -0.2) is 0 Å². The lowest BCUT2D eigenvalue weighted by Gasteiger charge is -2.35. The Kier molecular flexibility index (Phi) is 5.18. The van der Waals surface area contributed by atoms with Crippen LogP contribution in [0.4, 0.5) is 0 Å². The van der Waals surface area contributed by atoms with Gasteiger partial charge in [0, 0.05) is 11.8 Å². The third-order valence-electron chi connectivity index (χ3n) is 4.12. The molecule has 3 atom stereocenters. The summed E-state index contributed by atoms with van der Waals surface area (Å²) in [6.07, 6.45) is 3.75. The minimum atomic E-state index is 0.0238. The third kappa shape index (κ3) is 3.46. The van der Waals surface area contributed by atoms with Gasteiger partial charge >= 0.3 is 0 Å². The zero-order valence-corrected chi connectivity index (χ0v) is 13.5. The van der Waals surface area contributed by atoms with Gasteiger partial charge in [0.25, 0.3) is 0 Å².